The number of carboxylic acid groups (broad SMARTS) is 1. The lowest BCUT2D eigenvalue weighted by molar-refractivity contribution is 0.0690. The van der Waals surface area contributed by atoms with Crippen LogP contribution in [0.2, 0.25) is 5.02 Å². The first-order chi connectivity index (χ1) is 8.95. The summed E-state index contributed by atoms with van der Waals surface area (Å²) in [5, 5.41) is 8.87. The lowest BCUT2D eigenvalue weighted by Gasteiger charge is -2.07. The molecule has 2 aromatic rings. The van der Waals surface area contributed by atoms with Gasteiger partial charge in [0.25, 0.3) is 0 Å². The summed E-state index contributed by atoms with van der Waals surface area (Å²) in [4.78, 5) is 14.6. The number of carboxylic acids is 1. The molecule has 0 radical (unpaired) electrons. The third-order valence-electron chi connectivity index (χ3n) is 2.08. The number of nitrogens with zero attached hydrogens (tertiary/aromatic N) is 1. The first kappa shape index (κ1) is 13.8. The van der Waals surface area contributed by atoms with E-state index >= 15 is 0 Å². The molecule has 0 saturated heterocycles. The number of benzene rings is 1. The number of ether oxygens (including phenoxy) is 1. The Bertz CT molecular complexity index is 631. The Balaban J connectivity index is 2.33. The second-order valence-electron chi connectivity index (χ2n) is 3.49. The molecule has 1 heterocycles. The Morgan fingerprint density at radius 1 is 1.37 bits per heavy atom. The van der Waals surface area contributed by atoms with Crippen molar-refractivity contribution in [2.75, 3.05) is 0 Å². The summed E-state index contributed by atoms with van der Waals surface area (Å²) in [6, 6.07) is 6.70. The van der Waals surface area contributed by atoms with E-state index in [1.807, 2.05) is 0 Å². The van der Waals surface area contributed by atoms with Crippen molar-refractivity contribution in [1.29, 1.82) is 0 Å². The van der Waals surface area contributed by atoms with E-state index in [-0.39, 0.29) is 22.3 Å². The highest BCUT2D eigenvalue weighted by Gasteiger charge is 2.12. The van der Waals surface area contributed by atoms with E-state index in [2.05, 4.69) is 20.9 Å². The fraction of sp³-hybridized carbons (Fsp3) is 0. The Labute approximate surface area is 120 Å². The second-order valence-corrected chi connectivity index (χ2v) is 4.82. The average Bonchev–Trinajstić information content (AvgIpc) is 2.30. The maximum atomic E-state index is 13.2. The van der Waals surface area contributed by atoms with Crippen LogP contribution in [-0.4, -0.2) is 16.1 Å². The van der Waals surface area contributed by atoms with Crippen LogP contribution < -0.4 is 4.74 Å². The minimum Gasteiger partial charge on any atom is -0.476 e. The van der Waals surface area contributed by atoms with Gasteiger partial charge in [0, 0.05) is 16.6 Å². The molecule has 0 atom stereocenters. The smallest absolute Gasteiger partial charge is 0.356 e. The van der Waals surface area contributed by atoms with Crippen LogP contribution in [0, 0.1) is 5.82 Å². The monoisotopic (exact) mass is 345 g/mol. The highest BCUT2D eigenvalue weighted by Crippen LogP contribution is 2.26. The van der Waals surface area contributed by atoms with Gasteiger partial charge >= 0.3 is 5.97 Å². The van der Waals surface area contributed by atoms with Gasteiger partial charge in [-0.05, 0) is 18.2 Å². The van der Waals surface area contributed by atoms with Crippen LogP contribution in [0.4, 0.5) is 4.39 Å². The molecule has 0 saturated carbocycles. The van der Waals surface area contributed by atoms with Crippen molar-refractivity contribution in [3.8, 4) is 11.6 Å². The van der Waals surface area contributed by atoms with Gasteiger partial charge in [0.05, 0.1) is 5.02 Å². The topological polar surface area (TPSA) is 59.4 Å². The van der Waals surface area contributed by atoms with Gasteiger partial charge in [-0.3, -0.25) is 0 Å². The van der Waals surface area contributed by atoms with E-state index < -0.39 is 11.8 Å². The first-order valence-electron chi connectivity index (χ1n) is 4.99. The standard InChI is InChI=1S/C12H6BrClFNO3/c13-6-3-7(15)5-8(4-6)19-10-2-1-9(14)11(16-10)12(17)18/h1-5H,(H,17,18). The minimum absolute atomic E-state index is 0.000253. The van der Waals surface area contributed by atoms with Crippen LogP contribution in [0.5, 0.6) is 11.6 Å². The quantitative estimate of drug-likeness (QED) is 0.908. The SMILES string of the molecule is O=C(O)c1nc(Oc2cc(F)cc(Br)c2)ccc1Cl. The third-order valence-corrected chi connectivity index (χ3v) is 2.84. The number of halogens is 3. The van der Waals surface area contributed by atoms with Crippen molar-refractivity contribution >= 4 is 33.5 Å². The van der Waals surface area contributed by atoms with Gasteiger partial charge in [-0.1, -0.05) is 27.5 Å². The van der Waals surface area contributed by atoms with Crippen molar-refractivity contribution in [3.05, 3.63) is 51.3 Å². The molecule has 0 amide bonds. The molecule has 98 valence electrons. The summed E-state index contributed by atoms with van der Waals surface area (Å²) in [6.45, 7) is 0. The van der Waals surface area contributed by atoms with Gasteiger partial charge in [-0.2, -0.15) is 0 Å². The zero-order valence-corrected chi connectivity index (χ0v) is 11.6. The van der Waals surface area contributed by atoms with E-state index in [4.69, 9.17) is 21.4 Å². The third kappa shape index (κ3) is 3.42. The van der Waals surface area contributed by atoms with Crippen molar-refractivity contribution in [2.45, 2.75) is 0 Å². The van der Waals surface area contributed by atoms with Crippen molar-refractivity contribution in [2.24, 2.45) is 0 Å². The van der Waals surface area contributed by atoms with Crippen LogP contribution >= 0.6 is 27.5 Å². The van der Waals surface area contributed by atoms with E-state index in [0.717, 1.165) is 6.07 Å². The molecule has 0 aliphatic rings. The molecule has 1 aromatic carbocycles. The zero-order chi connectivity index (χ0) is 14.0. The molecule has 0 bridgehead atoms. The number of pyridine rings is 1. The molecule has 4 nitrogen and oxygen atoms in total. The average molecular weight is 347 g/mol. The first-order valence-corrected chi connectivity index (χ1v) is 6.16. The van der Waals surface area contributed by atoms with Gasteiger partial charge in [-0.15, -0.1) is 0 Å². The molecule has 0 aliphatic carbocycles. The van der Waals surface area contributed by atoms with E-state index in [0.29, 0.717) is 4.47 Å². The van der Waals surface area contributed by atoms with Crippen LogP contribution in [0.3, 0.4) is 0 Å². The minimum atomic E-state index is -1.27. The Hall–Kier alpha value is -1.66. The van der Waals surface area contributed by atoms with Crippen LogP contribution in [0.1, 0.15) is 10.5 Å². The molecule has 0 unspecified atom stereocenters. The summed E-state index contributed by atoms with van der Waals surface area (Å²) >= 11 is 8.80. The molecule has 2 rings (SSSR count). The summed E-state index contributed by atoms with van der Waals surface area (Å²) in [5.41, 5.74) is -0.324. The number of hydrogen-bond donors (Lipinski definition) is 1. The zero-order valence-electron chi connectivity index (χ0n) is 9.23. The normalized spacial score (nSPS) is 10.3. The van der Waals surface area contributed by atoms with Gasteiger partial charge in [-0.25, -0.2) is 14.2 Å². The summed E-state index contributed by atoms with van der Waals surface area (Å²) in [7, 11) is 0. The molecule has 0 fully saturated rings. The maximum Gasteiger partial charge on any atom is 0.356 e. The number of carbonyl (C=O) groups is 1. The van der Waals surface area contributed by atoms with E-state index in [1.165, 1.54) is 24.3 Å². The largest absolute Gasteiger partial charge is 0.476 e. The summed E-state index contributed by atoms with van der Waals surface area (Å²) in [6.07, 6.45) is 0. The number of rotatable bonds is 3. The van der Waals surface area contributed by atoms with Gasteiger partial charge < -0.3 is 9.84 Å². The van der Waals surface area contributed by atoms with Gasteiger partial charge in [0.2, 0.25) is 5.88 Å². The fourth-order valence-electron chi connectivity index (χ4n) is 1.34. The number of aromatic nitrogens is 1. The summed E-state index contributed by atoms with van der Waals surface area (Å²) in [5.74, 6) is -1.55. The Morgan fingerprint density at radius 3 is 2.74 bits per heavy atom. The van der Waals surface area contributed by atoms with Crippen molar-refractivity contribution in [3.63, 3.8) is 0 Å². The number of aromatic carboxylic acids is 1. The van der Waals surface area contributed by atoms with Gasteiger partial charge in [0.15, 0.2) is 5.69 Å². The van der Waals surface area contributed by atoms with Crippen LogP contribution in [0.25, 0.3) is 0 Å². The maximum absolute atomic E-state index is 13.2. The van der Waals surface area contributed by atoms with Crippen molar-refractivity contribution < 1.29 is 19.0 Å². The predicted molar refractivity (Wildman–Crippen MR) is 70.4 cm³/mol. The van der Waals surface area contributed by atoms with Crippen LogP contribution in [0.15, 0.2) is 34.8 Å². The van der Waals surface area contributed by atoms with Crippen molar-refractivity contribution in [1.82, 2.24) is 4.98 Å². The Kier molecular flexibility index (Phi) is 4.01. The number of hydrogen-bond acceptors (Lipinski definition) is 3. The summed E-state index contributed by atoms with van der Waals surface area (Å²) < 4.78 is 18.9. The molecule has 0 spiro atoms. The lowest BCUT2D eigenvalue weighted by atomic mass is 10.3. The highest BCUT2D eigenvalue weighted by atomic mass is 79.9. The molecule has 1 aromatic heterocycles. The fourth-order valence-corrected chi connectivity index (χ4v) is 1.97. The molecule has 1 N–H and O–H groups in total. The van der Waals surface area contributed by atoms with E-state index in [9.17, 15) is 9.18 Å². The molecular weight excluding hydrogens is 340 g/mol. The highest BCUT2D eigenvalue weighted by molar-refractivity contribution is 9.10. The molecule has 7 heteroatoms. The Morgan fingerprint density at radius 2 is 2.11 bits per heavy atom. The molecular formula is C12H6BrClFNO3. The lowest BCUT2D eigenvalue weighted by Crippen LogP contribution is -2.02. The molecule has 19 heavy (non-hydrogen) atoms. The molecule has 0 aliphatic heterocycles. The van der Waals surface area contributed by atoms with Gasteiger partial charge in [0.1, 0.15) is 11.6 Å². The second kappa shape index (κ2) is 5.54. The predicted octanol–water partition coefficient (Wildman–Crippen LogP) is 4.13. The van der Waals surface area contributed by atoms with E-state index in [1.54, 1.807) is 0 Å². The van der Waals surface area contributed by atoms with Crippen LogP contribution in [-0.2, 0) is 0 Å².